The molecule has 0 saturated heterocycles. The van der Waals surface area contributed by atoms with E-state index >= 15 is 0 Å². The fourth-order valence-electron chi connectivity index (χ4n) is 4.49. The highest BCUT2D eigenvalue weighted by Crippen LogP contribution is 2.48. The molecule has 122 valence electrons. The number of carboxylic acid groups (broad SMARTS) is 1. The molecule has 1 aromatic heterocycles. The highest BCUT2D eigenvalue weighted by Gasteiger charge is 2.49. The molecule has 1 amide bonds. The molecule has 0 unspecified atom stereocenters. The van der Waals surface area contributed by atoms with E-state index in [0.29, 0.717) is 23.8 Å². The zero-order chi connectivity index (χ0) is 16.0. The van der Waals surface area contributed by atoms with Crippen LogP contribution in [0, 0.1) is 17.8 Å². The van der Waals surface area contributed by atoms with Crippen molar-refractivity contribution < 1.29 is 14.7 Å². The fraction of sp³-hybridized carbons (Fsp3) is 0.611. The van der Waals surface area contributed by atoms with Gasteiger partial charge in [-0.1, -0.05) is 6.42 Å². The Bertz CT molecular complexity index is 624. The highest BCUT2D eigenvalue weighted by molar-refractivity contribution is 5.94. The molecular formula is C18H22N2O3. The van der Waals surface area contributed by atoms with Gasteiger partial charge in [0, 0.05) is 23.9 Å². The Kier molecular flexibility index (Phi) is 3.58. The van der Waals surface area contributed by atoms with E-state index in [1.165, 1.54) is 19.3 Å². The third-order valence-electron chi connectivity index (χ3n) is 6.06. The van der Waals surface area contributed by atoms with Crippen molar-refractivity contribution in [3.8, 4) is 0 Å². The maximum absolute atomic E-state index is 12.4. The Hall–Kier alpha value is -1.91. The number of carbonyl (C=O) groups excluding carboxylic acids is 1. The number of fused-ring (bicyclic) bond motifs is 2. The van der Waals surface area contributed by atoms with Crippen LogP contribution in [0.2, 0.25) is 0 Å². The van der Waals surface area contributed by atoms with Gasteiger partial charge in [-0.2, -0.15) is 0 Å². The van der Waals surface area contributed by atoms with Gasteiger partial charge in [-0.25, -0.2) is 0 Å². The summed E-state index contributed by atoms with van der Waals surface area (Å²) in [5.74, 6) is 0.136. The first kappa shape index (κ1) is 14.7. The van der Waals surface area contributed by atoms with E-state index in [9.17, 15) is 14.7 Å². The molecule has 4 atom stereocenters. The van der Waals surface area contributed by atoms with Crippen molar-refractivity contribution in [2.75, 3.05) is 0 Å². The normalized spacial score (nSPS) is 32.5. The summed E-state index contributed by atoms with van der Waals surface area (Å²) in [5.41, 5.74) is 1.70. The van der Waals surface area contributed by atoms with Crippen LogP contribution in [-0.4, -0.2) is 28.0 Å². The third-order valence-corrected chi connectivity index (χ3v) is 6.06. The molecule has 3 aliphatic carbocycles. The number of nitrogens with zero attached hydrogens (tertiary/aromatic N) is 1. The number of carboxylic acids is 1. The summed E-state index contributed by atoms with van der Waals surface area (Å²) in [6, 6.07) is 3.96. The molecule has 1 aromatic rings. The summed E-state index contributed by atoms with van der Waals surface area (Å²) in [6.45, 7) is 0. The zero-order valence-corrected chi connectivity index (χ0v) is 13.1. The van der Waals surface area contributed by atoms with Gasteiger partial charge in [0.25, 0.3) is 5.91 Å². The SMILES string of the molecule is O=C(N[C@@H]1C[C@H]2C[C@@H]1C[C@H]2C(=O)O)c1ccc(C2CCC2)nc1. The van der Waals surface area contributed by atoms with E-state index in [1.807, 2.05) is 12.1 Å². The Balaban J connectivity index is 1.36. The molecule has 0 radical (unpaired) electrons. The molecule has 4 rings (SSSR count). The smallest absolute Gasteiger partial charge is 0.306 e. The molecule has 5 heteroatoms. The van der Waals surface area contributed by atoms with Gasteiger partial charge >= 0.3 is 5.97 Å². The van der Waals surface area contributed by atoms with Gasteiger partial charge in [0.05, 0.1) is 11.5 Å². The van der Waals surface area contributed by atoms with Crippen LogP contribution < -0.4 is 5.32 Å². The Morgan fingerprint density at radius 3 is 2.48 bits per heavy atom. The number of aromatic nitrogens is 1. The standard InChI is InChI=1S/C18H22N2O3/c21-17(11-4-5-15(19-9-11)10-2-1-3-10)20-16-8-12-6-13(16)7-14(12)18(22)23/h4-5,9-10,12-14,16H,1-3,6-8H2,(H,20,21)(H,22,23)/t12-,13-,14-,16-/m1/s1. The van der Waals surface area contributed by atoms with E-state index in [0.717, 1.165) is 18.5 Å². The number of carbonyl (C=O) groups is 2. The topological polar surface area (TPSA) is 79.3 Å². The first-order valence-electron chi connectivity index (χ1n) is 8.61. The van der Waals surface area contributed by atoms with Crippen LogP contribution in [-0.2, 0) is 4.79 Å². The van der Waals surface area contributed by atoms with Crippen molar-refractivity contribution in [2.24, 2.45) is 17.8 Å². The molecule has 0 aliphatic heterocycles. The lowest BCUT2D eigenvalue weighted by atomic mass is 9.82. The second-order valence-electron chi connectivity index (χ2n) is 7.35. The monoisotopic (exact) mass is 314 g/mol. The molecule has 3 fully saturated rings. The van der Waals surface area contributed by atoms with Crippen molar-refractivity contribution in [1.29, 1.82) is 0 Å². The van der Waals surface area contributed by atoms with Gasteiger partial charge in [-0.15, -0.1) is 0 Å². The molecule has 0 spiro atoms. The predicted octanol–water partition coefficient (Wildman–Crippen LogP) is 2.58. The van der Waals surface area contributed by atoms with Gasteiger partial charge in [-0.05, 0) is 56.1 Å². The minimum atomic E-state index is -0.682. The number of pyridine rings is 1. The first-order chi connectivity index (χ1) is 11.1. The fourth-order valence-corrected chi connectivity index (χ4v) is 4.49. The first-order valence-corrected chi connectivity index (χ1v) is 8.61. The van der Waals surface area contributed by atoms with Gasteiger partial charge < -0.3 is 10.4 Å². The summed E-state index contributed by atoms with van der Waals surface area (Å²) in [7, 11) is 0. The Labute approximate surface area is 135 Å². The van der Waals surface area contributed by atoms with Crippen molar-refractivity contribution in [1.82, 2.24) is 10.3 Å². The molecule has 2 N–H and O–H groups in total. The lowest BCUT2D eigenvalue weighted by Gasteiger charge is -2.26. The maximum Gasteiger partial charge on any atom is 0.306 e. The van der Waals surface area contributed by atoms with Crippen LogP contribution in [0.4, 0.5) is 0 Å². The second kappa shape index (κ2) is 5.62. The number of aliphatic carboxylic acids is 1. The van der Waals surface area contributed by atoms with Crippen molar-refractivity contribution >= 4 is 11.9 Å². The van der Waals surface area contributed by atoms with Gasteiger partial charge in [0.2, 0.25) is 0 Å². The molecular weight excluding hydrogens is 292 g/mol. The summed E-state index contributed by atoms with van der Waals surface area (Å²) < 4.78 is 0. The summed E-state index contributed by atoms with van der Waals surface area (Å²) in [5, 5.41) is 12.3. The average molecular weight is 314 g/mol. The third kappa shape index (κ3) is 2.62. The van der Waals surface area contributed by atoms with E-state index in [4.69, 9.17) is 0 Å². The van der Waals surface area contributed by atoms with Crippen molar-refractivity contribution in [3.05, 3.63) is 29.6 Å². The van der Waals surface area contributed by atoms with Crippen molar-refractivity contribution in [2.45, 2.75) is 50.5 Å². The lowest BCUT2D eigenvalue weighted by molar-refractivity contribution is -0.143. The number of hydrogen-bond acceptors (Lipinski definition) is 3. The largest absolute Gasteiger partial charge is 0.481 e. The van der Waals surface area contributed by atoms with Crippen LogP contribution in [0.15, 0.2) is 18.3 Å². The van der Waals surface area contributed by atoms with E-state index in [1.54, 1.807) is 6.20 Å². The Morgan fingerprint density at radius 1 is 1.13 bits per heavy atom. The molecule has 3 saturated carbocycles. The number of rotatable bonds is 4. The second-order valence-corrected chi connectivity index (χ2v) is 7.35. The molecule has 5 nitrogen and oxygen atoms in total. The summed E-state index contributed by atoms with van der Waals surface area (Å²) in [4.78, 5) is 28.0. The van der Waals surface area contributed by atoms with Crippen LogP contribution in [0.1, 0.15) is 60.5 Å². The van der Waals surface area contributed by atoms with Gasteiger partial charge in [0.1, 0.15) is 0 Å². The molecule has 23 heavy (non-hydrogen) atoms. The van der Waals surface area contributed by atoms with Crippen LogP contribution >= 0.6 is 0 Å². The van der Waals surface area contributed by atoms with Crippen LogP contribution in [0.25, 0.3) is 0 Å². The average Bonchev–Trinajstić information content (AvgIpc) is 3.06. The minimum Gasteiger partial charge on any atom is -0.481 e. The molecule has 0 aromatic carbocycles. The lowest BCUT2D eigenvalue weighted by Crippen LogP contribution is -2.40. The van der Waals surface area contributed by atoms with Crippen LogP contribution in [0.5, 0.6) is 0 Å². The quantitative estimate of drug-likeness (QED) is 0.895. The highest BCUT2D eigenvalue weighted by atomic mass is 16.4. The molecule has 1 heterocycles. The van der Waals surface area contributed by atoms with Crippen molar-refractivity contribution in [3.63, 3.8) is 0 Å². The van der Waals surface area contributed by atoms with Crippen LogP contribution in [0.3, 0.4) is 0 Å². The maximum atomic E-state index is 12.4. The summed E-state index contributed by atoms with van der Waals surface area (Å²) in [6.07, 6.45) is 7.78. The van der Waals surface area contributed by atoms with Gasteiger partial charge in [-0.3, -0.25) is 14.6 Å². The minimum absolute atomic E-state index is 0.0814. The Morgan fingerprint density at radius 2 is 1.96 bits per heavy atom. The van der Waals surface area contributed by atoms with E-state index < -0.39 is 5.97 Å². The van der Waals surface area contributed by atoms with E-state index in [2.05, 4.69) is 10.3 Å². The number of nitrogens with one attached hydrogen (secondary N) is 1. The van der Waals surface area contributed by atoms with Gasteiger partial charge in [0.15, 0.2) is 0 Å². The molecule has 2 bridgehead atoms. The number of amides is 1. The van der Waals surface area contributed by atoms with E-state index in [-0.39, 0.29) is 23.8 Å². The number of hydrogen-bond donors (Lipinski definition) is 2. The molecule has 3 aliphatic rings. The predicted molar refractivity (Wildman–Crippen MR) is 84.0 cm³/mol. The summed E-state index contributed by atoms with van der Waals surface area (Å²) >= 11 is 0. The zero-order valence-electron chi connectivity index (χ0n) is 13.1.